The minimum atomic E-state index is -3.84. The van der Waals surface area contributed by atoms with E-state index in [-0.39, 0.29) is 11.3 Å². The van der Waals surface area contributed by atoms with E-state index in [4.69, 9.17) is 4.74 Å². The molecule has 0 aliphatic rings. The molecule has 0 fully saturated rings. The number of benzene rings is 3. The molecule has 7 nitrogen and oxygen atoms in total. The highest BCUT2D eigenvalue weighted by Gasteiger charge is 2.23. The number of hydrogen-bond donors (Lipinski definition) is 2. The highest BCUT2D eigenvalue weighted by atomic mass is 79.9. The lowest BCUT2D eigenvalue weighted by atomic mass is 10.0. The Bertz CT molecular complexity index is 1290. The van der Waals surface area contributed by atoms with Gasteiger partial charge in [-0.3, -0.25) is 4.79 Å². The first-order valence-electron chi connectivity index (χ1n) is 10.8. The largest absolute Gasteiger partial charge is 0.488 e. The van der Waals surface area contributed by atoms with Crippen molar-refractivity contribution in [2.24, 2.45) is 5.10 Å². The molecule has 3 aromatic rings. The van der Waals surface area contributed by atoms with Gasteiger partial charge in [-0.05, 0) is 64.3 Å². The second-order valence-electron chi connectivity index (χ2n) is 7.68. The SMILES string of the molecule is C=CCOc1ccc(/C=N\NC(=O)C[C@@H](NS(=O)(=O)c2ccc(C)cc2)c2ccccc2)cc1Br. The lowest BCUT2D eigenvalue weighted by molar-refractivity contribution is -0.121. The number of nitrogens with one attached hydrogen (secondary N) is 2. The van der Waals surface area contributed by atoms with E-state index in [2.05, 4.69) is 37.8 Å². The number of rotatable bonds is 11. The normalized spacial score (nSPS) is 12.3. The van der Waals surface area contributed by atoms with Gasteiger partial charge in [-0.2, -0.15) is 5.10 Å². The van der Waals surface area contributed by atoms with Gasteiger partial charge in [-0.1, -0.05) is 60.7 Å². The van der Waals surface area contributed by atoms with E-state index in [1.807, 2.05) is 13.0 Å². The van der Waals surface area contributed by atoms with Crippen LogP contribution in [0.15, 0.2) is 99.9 Å². The Kier molecular flexibility index (Phi) is 9.36. The van der Waals surface area contributed by atoms with Crippen LogP contribution in [0, 0.1) is 6.92 Å². The number of halogens is 1. The van der Waals surface area contributed by atoms with Crippen molar-refractivity contribution in [3.63, 3.8) is 0 Å². The van der Waals surface area contributed by atoms with Crippen molar-refractivity contribution in [2.45, 2.75) is 24.3 Å². The molecule has 0 saturated heterocycles. The summed E-state index contributed by atoms with van der Waals surface area (Å²) in [4.78, 5) is 12.8. The second-order valence-corrected chi connectivity index (χ2v) is 10.3. The maximum absolute atomic E-state index is 12.9. The molecule has 3 aromatic carbocycles. The summed E-state index contributed by atoms with van der Waals surface area (Å²) in [7, 11) is -3.84. The van der Waals surface area contributed by atoms with Crippen LogP contribution in [0.2, 0.25) is 0 Å². The molecule has 182 valence electrons. The van der Waals surface area contributed by atoms with Gasteiger partial charge in [0, 0.05) is 6.42 Å². The highest BCUT2D eigenvalue weighted by Crippen LogP contribution is 2.25. The van der Waals surface area contributed by atoms with E-state index in [1.165, 1.54) is 18.3 Å². The summed E-state index contributed by atoms with van der Waals surface area (Å²) in [6.07, 6.45) is 3.01. The molecule has 0 spiro atoms. The van der Waals surface area contributed by atoms with Gasteiger partial charge in [0.25, 0.3) is 0 Å². The Morgan fingerprint density at radius 1 is 1.11 bits per heavy atom. The van der Waals surface area contributed by atoms with Gasteiger partial charge in [-0.15, -0.1) is 0 Å². The van der Waals surface area contributed by atoms with E-state index in [0.717, 1.165) is 15.6 Å². The number of hydrazone groups is 1. The third-order valence-corrected chi connectivity index (χ3v) is 7.04. The molecule has 3 rings (SSSR count). The van der Waals surface area contributed by atoms with E-state index >= 15 is 0 Å². The number of carbonyl (C=O) groups is 1. The van der Waals surface area contributed by atoms with Crippen molar-refractivity contribution >= 4 is 38.1 Å². The second kappa shape index (κ2) is 12.4. The predicted octanol–water partition coefficient (Wildman–Crippen LogP) is 4.88. The molecule has 35 heavy (non-hydrogen) atoms. The van der Waals surface area contributed by atoms with Crippen LogP contribution in [0.5, 0.6) is 5.75 Å². The molecule has 0 aliphatic heterocycles. The molecule has 0 bridgehead atoms. The number of ether oxygens (including phenoxy) is 1. The topological polar surface area (TPSA) is 96.9 Å². The van der Waals surface area contributed by atoms with Crippen molar-refractivity contribution in [3.8, 4) is 5.75 Å². The molecule has 0 aliphatic carbocycles. The number of carbonyl (C=O) groups excluding carboxylic acids is 1. The first kappa shape index (κ1) is 26.3. The Hall–Kier alpha value is -3.27. The fourth-order valence-electron chi connectivity index (χ4n) is 3.16. The summed E-state index contributed by atoms with van der Waals surface area (Å²) in [6.45, 7) is 5.89. The third kappa shape index (κ3) is 7.88. The lowest BCUT2D eigenvalue weighted by Crippen LogP contribution is -2.32. The van der Waals surface area contributed by atoms with Crippen molar-refractivity contribution in [1.29, 1.82) is 0 Å². The highest BCUT2D eigenvalue weighted by molar-refractivity contribution is 9.10. The fourth-order valence-corrected chi connectivity index (χ4v) is 4.89. The molecule has 9 heteroatoms. The van der Waals surface area contributed by atoms with Crippen LogP contribution in [0.25, 0.3) is 0 Å². The van der Waals surface area contributed by atoms with Crippen LogP contribution in [0.1, 0.15) is 29.2 Å². The summed E-state index contributed by atoms with van der Waals surface area (Å²) in [5, 5.41) is 4.01. The Morgan fingerprint density at radius 3 is 2.49 bits per heavy atom. The first-order chi connectivity index (χ1) is 16.8. The first-order valence-corrected chi connectivity index (χ1v) is 13.0. The average molecular weight is 556 g/mol. The van der Waals surface area contributed by atoms with Gasteiger partial charge in [0.2, 0.25) is 15.9 Å². The van der Waals surface area contributed by atoms with E-state index in [9.17, 15) is 13.2 Å². The zero-order chi connectivity index (χ0) is 25.3. The fraction of sp³-hybridized carbons (Fsp3) is 0.154. The van der Waals surface area contributed by atoms with Crippen LogP contribution in [0.3, 0.4) is 0 Å². The van der Waals surface area contributed by atoms with Crippen molar-refractivity contribution < 1.29 is 17.9 Å². The maximum atomic E-state index is 12.9. The number of amides is 1. The van der Waals surface area contributed by atoms with Crippen molar-refractivity contribution in [2.75, 3.05) is 6.61 Å². The van der Waals surface area contributed by atoms with Crippen LogP contribution in [0.4, 0.5) is 0 Å². The van der Waals surface area contributed by atoms with Gasteiger partial charge < -0.3 is 4.74 Å². The zero-order valence-corrected chi connectivity index (χ0v) is 21.6. The molecule has 0 unspecified atom stereocenters. The summed E-state index contributed by atoms with van der Waals surface area (Å²) < 4.78 is 34.8. The minimum Gasteiger partial charge on any atom is -0.488 e. The van der Waals surface area contributed by atoms with Crippen LogP contribution < -0.4 is 14.9 Å². The Morgan fingerprint density at radius 2 is 1.83 bits per heavy atom. The van der Waals surface area contributed by atoms with Crippen LogP contribution in [-0.2, 0) is 14.8 Å². The lowest BCUT2D eigenvalue weighted by Gasteiger charge is -2.18. The zero-order valence-electron chi connectivity index (χ0n) is 19.1. The summed E-state index contributed by atoms with van der Waals surface area (Å²) >= 11 is 3.43. The molecule has 0 saturated carbocycles. The standard InChI is InChI=1S/C26H26BrN3O4S/c1-3-15-34-25-14-11-20(16-23(25)27)18-28-29-26(31)17-24(21-7-5-4-6-8-21)30-35(32,33)22-12-9-19(2)10-13-22/h3-14,16,18,24,30H,1,15,17H2,2H3,(H,29,31)/b28-18-/t24-/m1/s1. The molecule has 0 radical (unpaired) electrons. The molecule has 1 atom stereocenters. The minimum absolute atomic E-state index is 0.133. The molecule has 2 N–H and O–H groups in total. The van der Waals surface area contributed by atoms with Crippen molar-refractivity contribution in [3.05, 3.63) is 107 Å². The summed E-state index contributed by atoms with van der Waals surface area (Å²) in [6, 6.07) is 20.1. The van der Waals surface area contributed by atoms with E-state index < -0.39 is 22.0 Å². The molecular weight excluding hydrogens is 530 g/mol. The molecule has 1 amide bonds. The Labute approximate surface area is 214 Å². The molecular formula is C26H26BrN3O4S. The number of hydrogen-bond acceptors (Lipinski definition) is 5. The predicted molar refractivity (Wildman–Crippen MR) is 141 cm³/mol. The monoisotopic (exact) mass is 555 g/mol. The Balaban J connectivity index is 1.69. The van der Waals surface area contributed by atoms with E-state index in [0.29, 0.717) is 17.9 Å². The quantitative estimate of drug-likeness (QED) is 0.200. The molecule has 0 aromatic heterocycles. The average Bonchev–Trinajstić information content (AvgIpc) is 2.84. The van der Waals surface area contributed by atoms with Crippen molar-refractivity contribution in [1.82, 2.24) is 10.1 Å². The third-order valence-electron chi connectivity index (χ3n) is 4.94. The molecule has 0 heterocycles. The van der Waals surface area contributed by atoms with Crippen LogP contribution in [-0.4, -0.2) is 27.1 Å². The van der Waals surface area contributed by atoms with Gasteiger partial charge in [0.05, 0.1) is 21.6 Å². The summed E-state index contributed by atoms with van der Waals surface area (Å²) in [5.74, 6) is 0.226. The van der Waals surface area contributed by atoms with Gasteiger partial charge >= 0.3 is 0 Å². The summed E-state index contributed by atoms with van der Waals surface area (Å²) in [5.41, 5.74) is 4.83. The van der Waals surface area contributed by atoms with E-state index in [1.54, 1.807) is 60.7 Å². The van der Waals surface area contributed by atoms with Gasteiger partial charge in [0.15, 0.2) is 0 Å². The van der Waals surface area contributed by atoms with Gasteiger partial charge in [-0.25, -0.2) is 18.6 Å². The number of nitrogens with zero attached hydrogens (tertiary/aromatic N) is 1. The smallest absolute Gasteiger partial charge is 0.242 e. The number of aryl methyl sites for hydroxylation is 1. The van der Waals surface area contributed by atoms with Gasteiger partial charge in [0.1, 0.15) is 12.4 Å². The maximum Gasteiger partial charge on any atom is 0.242 e. The number of sulfonamides is 1. The van der Waals surface area contributed by atoms with Crippen LogP contribution >= 0.6 is 15.9 Å².